The third-order valence-electron chi connectivity index (χ3n) is 3.26. The average molecular weight is 233 g/mol. The lowest BCUT2D eigenvalue weighted by atomic mass is 10.2. The second-order valence-corrected chi connectivity index (χ2v) is 12.0. The zero-order valence-electron chi connectivity index (χ0n) is 9.33. The van der Waals surface area contributed by atoms with Gasteiger partial charge in [-0.3, -0.25) is 0 Å². The van der Waals surface area contributed by atoms with Gasteiger partial charge < -0.3 is 0 Å². The molecule has 6 heteroatoms. The van der Waals surface area contributed by atoms with Crippen molar-refractivity contribution in [1.82, 2.24) is 8.69 Å². The highest BCUT2D eigenvalue weighted by atomic mass is 32.2. The van der Waals surface area contributed by atoms with Gasteiger partial charge in [0, 0.05) is 13.1 Å². The molecule has 2 heterocycles. The quantitative estimate of drug-likeness (QED) is 0.685. The molecule has 1 saturated heterocycles. The van der Waals surface area contributed by atoms with E-state index < -0.39 is 18.5 Å². The Morgan fingerprint density at radius 2 is 1.93 bits per heavy atom. The minimum Gasteiger partial charge on any atom is -0.232 e. The number of nitrogens with one attached hydrogen (secondary N) is 1. The van der Waals surface area contributed by atoms with Gasteiger partial charge in [0.05, 0.1) is 0 Å². The smallest absolute Gasteiger partial charge is 0.232 e. The fourth-order valence-electron chi connectivity index (χ4n) is 1.46. The maximum atomic E-state index is 12.2. The Labute approximate surface area is 87.7 Å². The van der Waals surface area contributed by atoms with Crippen molar-refractivity contribution in [3.8, 4) is 0 Å². The van der Waals surface area contributed by atoms with E-state index in [0.717, 1.165) is 19.5 Å². The SMILES string of the molecule is CC(C)(C)[Si]1(C)N=S(=O)(N2CCC2)N1. The van der Waals surface area contributed by atoms with E-state index in [1.54, 1.807) is 0 Å². The van der Waals surface area contributed by atoms with E-state index in [1.165, 1.54) is 0 Å². The Morgan fingerprint density at radius 1 is 1.43 bits per heavy atom. The van der Waals surface area contributed by atoms with Crippen LogP contribution in [0.2, 0.25) is 11.6 Å². The van der Waals surface area contributed by atoms with E-state index in [-0.39, 0.29) is 5.04 Å². The number of hydrogen-bond donors (Lipinski definition) is 1. The molecule has 0 spiro atoms. The maximum Gasteiger partial charge on any atom is 0.283 e. The number of nitrogens with zero attached hydrogens (tertiary/aromatic N) is 2. The fraction of sp³-hybridized carbons (Fsp3) is 1.00. The molecule has 14 heavy (non-hydrogen) atoms. The maximum absolute atomic E-state index is 12.2. The molecule has 0 bridgehead atoms. The lowest BCUT2D eigenvalue weighted by Crippen LogP contribution is -2.69. The largest absolute Gasteiger partial charge is 0.283 e. The molecule has 2 rings (SSSR count). The molecular weight excluding hydrogens is 214 g/mol. The van der Waals surface area contributed by atoms with Crippen molar-refractivity contribution in [3.63, 3.8) is 0 Å². The van der Waals surface area contributed by atoms with Crippen molar-refractivity contribution in [2.75, 3.05) is 13.1 Å². The van der Waals surface area contributed by atoms with Gasteiger partial charge in [0.2, 0.25) is 0 Å². The zero-order chi connectivity index (χ0) is 10.6. The molecule has 82 valence electrons. The summed E-state index contributed by atoms with van der Waals surface area (Å²) in [5.74, 6) is 0. The third-order valence-corrected chi connectivity index (χ3v) is 12.4. The third kappa shape index (κ3) is 1.36. The first-order valence-corrected chi connectivity index (χ1v) is 9.01. The summed E-state index contributed by atoms with van der Waals surface area (Å²) in [6.45, 7) is 10.5. The van der Waals surface area contributed by atoms with E-state index in [4.69, 9.17) is 0 Å². The molecular formula is C8H19N3OSSi. The molecule has 2 aliphatic heterocycles. The van der Waals surface area contributed by atoms with Crippen molar-refractivity contribution in [2.24, 2.45) is 4.03 Å². The summed E-state index contributed by atoms with van der Waals surface area (Å²) >= 11 is 0. The Bertz CT molecular complexity index is 365. The predicted octanol–water partition coefficient (Wildman–Crippen LogP) is 1.47. The molecule has 1 fully saturated rings. The lowest BCUT2D eigenvalue weighted by Gasteiger charge is -2.48. The van der Waals surface area contributed by atoms with Gasteiger partial charge in [0.1, 0.15) is 0 Å². The summed E-state index contributed by atoms with van der Waals surface area (Å²) in [6, 6.07) is 0. The number of hydrogen-bond acceptors (Lipinski definition) is 2. The zero-order valence-corrected chi connectivity index (χ0v) is 11.1. The lowest BCUT2D eigenvalue weighted by molar-refractivity contribution is 0.320. The van der Waals surface area contributed by atoms with Crippen LogP contribution in [0.15, 0.2) is 4.03 Å². The first-order valence-electron chi connectivity index (χ1n) is 5.09. The van der Waals surface area contributed by atoms with Crippen LogP contribution in [0.25, 0.3) is 0 Å². The van der Waals surface area contributed by atoms with Crippen LogP contribution < -0.4 is 4.39 Å². The van der Waals surface area contributed by atoms with Crippen LogP contribution in [-0.2, 0) is 10.1 Å². The fourth-order valence-corrected chi connectivity index (χ4v) is 9.58. The highest BCUT2D eigenvalue weighted by Gasteiger charge is 2.53. The van der Waals surface area contributed by atoms with Gasteiger partial charge in [-0.2, -0.15) is 0 Å². The van der Waals surface area contributed by atoms with Gasteiger partial charge in [-0.05, 0) is 18.0 Å². The molecule has 0 amide bonds. The van der Waals surface area contributed by atoms with E-state index in [9.17, 15) is 4.21 Å². The molecule has 0 aliphatic carbocycles. The average Bonchev–Trinajstić information content (AvgIpc) is 1.75. The summed E-state index contributed by atoms with van der Waals surface area (Å²) in [5.41, 5.74) is 0. The van der Waals surface area contributed by atoms with Crippen molar-refractivity contribution in [3.05, 3.63) is 0 Å². The molecule has 0 aromatic rings. The Balaban J connectivity index is 2.23. The van der Waals surface area contributed by atoms with Crippen molar-refractivity contribution in [1.29, 1.82) is 0 Å². The van der Waals surface area contributed by atoms with E-state index in [0.29, 0.717) is 0 Å². The van der Waals surface area contributed by atoms with Gasteiger partial charge in [-0.1, -0.05) is 20.8 Å². The van der Waals surface area contributed by atoms with Gasteiger partial charge in [0.25, 0.3) is 8.40 Å². The Morgan fingerprint density at radius 3 is 2.21 bits per heavy atom. The second kappa shape index (κ2) is 2.81. The topological polar surface area (TPSA) is 44.7 Å². The minimum atomic E-state index is -2.15. The highest BCUT2D eigenvalue weighted by molar-refractivity contribution is 7.94. The summed E-state index contributed by atoms with van der Waals surface area (Å²) in [7, 11) is -3.97. The van der Waals surface area contributed by atoms with Gasteiger partial charge in [0.15, 0.2) is 10.1 Å². The molecule has 2 atom stereocenters. The second-order valence-electron chi connectivity index (χ2n) is 5.29. The monoisotopic (exact) mass is 233 g/mol. The van der Waals surface area contributed by atoms with E-state index in [1.807, 2.05) is 4.31 Å². The molecule has 0 radical (unpaired) electrons. The van der Waals surface area contributed by atoms with Crippen molar-refractivity contribution < 1.29 is 4.21 Å². The van der Waals surface area contributed by atoms with E-state index >= 15 is 0 Å². The number of rotatable bonds is 1. The van der Waals surface area contributed by atoms with Crippen LogP contribution in [-0.4, -0.2) is 30.0 Å². The van der Waals surface area contributed by atoms with Gasteiger partial charge in [-0.15, -0.1) is 0 Å². The summed E-state index contributed by atoms with van der Waals surface area (Å²) in [4.78, 5) is 0. The summed E-state index contributed by atoms with van der Waals surface area (Å²) in [5, 5.41) is 0.152. The minimum absolute atomic E-state index is 0.152. The van der Waals surface area contributed by atoms with Crippen LogP contribution >= 0.6 is 0 Å². The molecule has 4 nitrogen and oxygen atoms in total. The van der Waals surface area contributed by atoms with Crippen LogP contribution in [0.3, 0.4) is 0 Å². The summed E-state index contributed by atoms with van der Waals surface area (Å²) in [6.07, 6.45) is 1.15. The van der Waals surface area contributed by atoms with Crippen molar-refractivity contribution >= 4 is 18.5 Å². The van der Waals surface area contributed by atoms with Gasteiger partial charge in [-0.25, -0.2) is 16.9 Å². The molecule has 0 aromatic heterocycles. The van der Waals surface area contributed by atoms with Crippen LogP contribution in [0.5, 0.6) is 0 Å². The summed E-state index contributed by atoms with van der Waals surface area (Å²) < 4.78 is 22.0. The van der Waals surface area contributed by atoms with Gasteiger partial charge >= 0.3 is 0 Å². The molecule has 1 N–H and O–H groups in total. The van der Waals surface area contributed by atoms with Crippen LogP contribution in [0.1, 0.15) is 27.2 Å². The first-order chi connectivity index (χ1) is 6.27. The van der Waals surface area contributed by atoms with Crippen LogP contribution in [0.4, 0.5) is 0 Å². The first kappa shape index (κ1) is 10.6. The normalized spacial score (nSPS) is 43.7. The molecule has 0 aromatic carbocycles. The molecule has 2 unspecified atom stereocenters. The van der Waals surface area contributed by atoms with E-state index in [2.05, 4.69) is 35.7 Å². The Kier molecular flexibility index (Phi) is 2.13. The molecule has 2 aliphatic rings. The molecule has 0 saturated carbocycles. The predicted molar refractivity (Wildman–Crippen MR) is 61.2 cm³/mol. The Hall–Kier alpha value is 0.0869. The standard InChI is InChI=1S/C8H19N3OSSi/c1-8(2,3)14(4)9-13(12,10-14)11-6-5-7-11/h5-7H2,1-4H3,(H,9,10,12). The van der Waals surface area contributed by atoms with Crippen molar-refractivity contribution in [2.45, 2.75) is 38.8 Å². The van der Waals surface area contributed by atoms with Crippen LogP contribution in [0, 0.1) is 0 Å². The highest BCUT2D eigenvalue weighted by Crippen LogP contribution is 2.41.